The number of methoxy groups -OCH3 is 2. The lowest BCUT2D eigenvalue weighted by Crippen LogP contribution is -2.43. The van der Waals surface area contributed by atoms with Crippen LogP contribution >= 0.6 is 0 Å². The number of benzene rings is 1. The molecular formula is C16H24O3. The molecule has 0 aromatic heterocycles. The molecule has 0 bridgehead atoms. The van der Waals surface area contributed by atoms with Gasteiger partial charge in [0.05, 0.1) is 13.2 Å². The van der Waals surface area contributed by atoms with Crippen molar-refractivity contribution < 1.29 is 14.6 Å². The second kappa shape index (κ2) is 5.51. The molecule has 1 aliphatic carbocycles. The Morgan fingerprint density at radius 2 is 1.95 bits per heavy atom. The molecule has 1 saturated carbocycles. The van der Waals surface area contributed by atoms with Gasteiger partial charge in [-0.25, -0.2) is 0 Å². The summed E-state index contributed by atoms with van der Waals surface area (Å²) in [5.74, 6) is 0.798. The first-order valence-electron chi connectivity index (χ1n) is 6.94. The highest BCUT2D eigenvalue weighted by atomic mass is 16.5. The lowest BCUT2D eigenvalue weighted by Gasteiger charge is -2.40. The van der Waals surface area contributed by atoms with Crippen molar-refractivity contribution >= 4 is 0 Å². The van der Waals surface area contributed by atoms with E-state index in [2.05, 4.69) is 6.92 Å². The van der Waals surface area contributed by atoms with Crippen molar-refractivity contribution in [3.8, 4) is 5.75 Å². The molecule has 2 rings (SSSR count). The van der Waals surface area contributed by atoms with Crippen molar-refractivity contribution in [1.29, 1.82) is 0 Å². The fourth-order valence-electron chi connectivity index (χ4n) is 3.14. The molecule has 1 fully saturated rings. The monoisotopic (exact) mass is 264 g/mol. The summed E-state index contributed by atoms with van der Waals surface area (Å²) in [6.07, 6.45) is 3.59. The third-order valence-corrected chi connectivity index (χ3v) is 4.44. The quantitative estimate of drug-likeness (QED) is 0.911. The molecule has 3 nitrogen and oxygen atoms in total. The van der Waals surface area contributed by atoms with E-state index in [1.54, 1.807) is 14.2 Å². The van der Waals surface area contributed by atoms with Gasteiger partial charge in [-0.3, -0.25) is 0 Å². The fraction of sp³-hybridized carbons (Fsp3) is 0.625. The molecule has 2 unspecified atom stereocenters. The highest BCUT2D eigenvalue weighted by Gasteiger charge is 2.43. The van der Waals surface area contributed by atoms with Crippen LogP contribution in [0.5, 0.6) is 5.75 Å². The second-order valence-electron chi connectivity index (χ2n) is 5.48. The SMILES string of the molecule is COc1c(C2(O)CCCCC2OC)ccc(C)c1C. The largest absolute Gasteiger partial charge is 0.496 e. The Labute approximate surface area is 115 Å². The van der Waals surface area contributed by atoms with E-state index in [9.17, 15) is 5.11 Å². The smallest absolute Gasteiger partial charge is 0.128 e. The summed E-state index contributed by atoms with van der Waals surface area (Å²) in [7, 11) is 3.34. The lowest BCUT2D eigenvalue weighted by molar-refractivity contribution is -0.123. The van der Waals surface area contributed by atoms with Crippen LogP contribution < -0.4 is 4.74 Å². The molecule has 1 aliphatic rings. The number of rotatable bonds is 3. The Balaban J connectivity index is 2.52. The highest BCUT2D eigenvalue weighted by molar-refractivity contribution is 5.48. The number of hydrogen-bond acceptors (Lipinski definition) is 3. The normalized spacial score (nSPS) is 27.3. The van der Waals surface area contributed by atoms with Crippen molar-refractivity contribution in [1.82, 2.24) is 0 Å². The van der Waals surface area contributed by atoms with Crippen LogP contribution in [0.25, 0.3) is 0 Å². The number of aliphatic hydroxyl groups is 1. The minimum Gasteiger partial charge on any atom is -0.496 e. The van der Waals surface area contributed by atoms with Crippen molar-refractivity contribution in [3.05, 3.63) is 28.8 Å². The molecule has 0 amide bonds. The van der Waals surface area contributed by atoms with E-state index < -0.39 is 5.60 Å². The summed E-state index contributed by atoms with van der Waals surface area (Å²) >= 11 is 0. The number of ether oxygens (including phenoxy) is 2. The molecule has 1 aromatic rings. The van der Waals surface area contributed by atoms with Gasteiger partial charge in [0.1, 0.15) is 11.4 Å². The average Bonchev–Trinajstić information content (AvgIpc) is 2.42. The molecule has 2 atom stereocenters. The van der Waals surface area contributed by atoms with E-state index in [0.717, 1.165) is 42.6 Å². The molecule has 106 valence electrons. The van der Waals surface area contributed by atoms with E-state index in [1.165, 1.54) is 5.56 Å². The molecule has 19 heavy (non-hydrogen) atoms. The van der Waals surface area contributed by atoms with Crippen molar-refractivity contribution in [2.75, 3.05) is 14.2 Å². The Morgan fingerprint density at radius 1 is 1.21 bits per heavy atom. The molecule has 1 aromatic carbocycles. The van der Waals surface area contributed by atoms with Gasteiger partial charge in [0.2, 0.25) is 0 Å². The van der Waals surface area contributed by atoms with Gasteiger partial charge in [0.15, 0.2) is 0 Å². The molecule has 1 N–H and O–H groups in total. The summed E-state index contributed by atoms with van der Waals surface area (Å²) in [4.78, 5) is 0. The molecule has 0 aliphatic heterocycles. The average molecular weight is 264 g/mol. The van der Waals surface area contributed by atoms with E-state index in [1.807, 2.05) is 19.1 Å². The minimum absolute atomic E-state index is 0.155. The first-order chi connectivity index (χ1) is 9.04. The van der Waals surface area contributed by atoms with Crippen molar-refractivity contribution in [2.24, 2.45) is 0 Å². The predicted molar refractivity (Wildman–Crippen MR) is 75.6 cm³/mol. The maximum Gasteiger partial charge on any atom is 0.128 e. The first kappa shape index (κ1) is 14.4. The van der Waals surface area contributed by atoms with Gasteiger partial charge in [0.25, 0.3) is 0 Å². The first-order valence-corrected chi connectivity index (χ1v) is 6.94. The predicted octanol–water partition coefficient (Wildman–Crippen LogP) is 3.09. The minimum atomic E-state index is -0.934. The van der Waals surface area contributed by atoms with Crippen LogP contribution in [-0.2, 0) is 10.3 Å². The van der Waals surface area contributed by atoms with Crippen LogP contribution in [0.15, 0.2) is 12.1 Å². The van der Waals surface area contributed by atoms with Crippen LogP contribution in [0.3, 0.4) is 0 Å². The zero-order valence-electron chi connectivity index (χ0n) is 12.3. The van der Waals surface area contributed by atoms with Crippen LogP contribution in [0, 0.1) is 13.8 Å². The maximum absolute atomic E-state index is 11.1. The fourth-order valence-corrected chi connectivity index (χ4v) is 3.14. The highest BCUT2D eigenvalue weighted by Crippen LogP contribution is 2.44. The zero-order valence-corrected chi connectivity index (χ0v) is 12.3. The molecule has 0 saturated heterocycles. The number of hydrogen-bond donors (Lipinski definition) is 1. The topological polar surface area (TPSA) is 38.7 Å². The van der Waals surface area contributed by atoms with Crippen molar-refractivity contribution in [2.45, 2.75) is 51.2 Å². The Kier molecular flexibility index (Phi) is 4.16. The maximum atomic E-state index is 11.1. The van der Waals surface area contributed by atoms with Crippen LogP contribution in [0.4, 0.5) is 0 Å². The summed E-state index contributed by atoms with van der Waals surface area (Å²) in [5.41, 5.74) is 2.20. The van der Waals surface area contributed by atoms with Gasteiger partial charge in [-0.15, -0.1) is 0 Å². The summed E-state index contributed by atoms with van der Waals surface area (Å²) in [5, 5.41) is 11.1. The second-order valence-corrected chi connectivity index (χ2v) is 5.48. The third kappa shape index (κ3) is 2.37. The Bertz CT molecular complexity index is 456. The van der Waals surface area contributed by atoms with E-state index in [-0.39, 0.29) is 6.10 Å². The summed E-state index contributed by atoms with van der Waals surface area (Å²) in [6, 6.07) is 4.03. The Hall–Kier alpha value is -1.06. The van der Waals surface area contributed by atoms with Gasteiger partial charge in [-0.05, 0) is 37.8 Å². The Morgan fingerprint density at radius 3 is 2.58 bits per heavy atom. The van der Waals surface area contributed by atoms with Gasteiger partial charge in [-0.1, -0.05) is 25.0 Å². The summed E-state index contributed by atoms with van der Waals surface area (Å²) < 4.78 is 11.1. The standard InChI is InChI=1S/C16H24O3/c1-11-8-9-13(15(19-4)12(11)2)16(17)10-6-5-7-14(16)18-3/h8-9,14,17H,5-7,10H2,1-4H3. The third-order valence-electron chi connectivity index (χ3n) is 4.44. The van der Waals surface area contributed by atoms with Gasteiger partial charge >= 0.3 is 0 Å². The molecule has 0 radical (unpaired) electrons. The molecule has 0 heterocycles. The van der Waals surface area contributed by atoms with Gasteiger partial charge in [0, 0.05) is 12.7 Å². The number of aryl methyl sites for hydroxylation is 1. The molecule has 3 heteroatoms. The zero-order chi connectivity index (χ0) is 14.0. The van der Waals surface area contributed by atoms with Gasteiger partial charge < -0.3 is 14.6 Å². The molecular weight excluding hydrogens is 240 g/mol. The van der Waals surface area contributed by atoms with Crippen LogP contribution in [-0.4, -0.2) is 25.4 Å². The van der Waals surface area contributed by atoms with Crippen LogP contribution in [0.2, 0.25) is 0 Å². The van der Waals surface area contributed by atoms with Gasteiger partial charge in [-0.2, -0.15) is 0 Å². The van der Waals surface area contributed by atoms with E-state index in [0.29, 0.717) is 0 Å². The van der Waals surface area contributed by atoms with E-state index in [4.69, 9.17) is 9.47 Å². The van der Waals surface area contributed by atoms with Crippen LogP contribution in [0.1, 0.15) is 42.4 Å². The van der Waals surface area contributed by atoms with Crippen molar-refractivity contribution in [3.63, 3.8) is 0 Å². The lowest BCUT2D eigenvalue weighted by atomic mass is 9.76. The summed E-state index contributed by atoms with van der Waals surface area (Å²) in [6.45, 7) is 4.09. The molecule has 0 spiro atoms. The van der Waals surface area contributed by atoms with E-state index >= 15 is 0 Å².